The molecule has 20 heavy (non-hydrogen) atoms. The van der Waals surface area contributed by atoms with Crippen molar-refractivity contribution in [1.29, 1.82) is 0 Å². The second-order valence-corrected chi connectivity index (χ2v) is 5.53. The number of amides is 1. The van der Waals surface area contributed by atoms with Crippen LogP contribution < -0.4 is 10.9 Å². The van der Waals surface area contributed by atoms with Gasteiger partial charge in [-0.3, -0.25) is 9.59 Å². The van der Waals surface area contributed by atoms with Gasteiger partial charge in [-0.25, -0.2) is 4.68 Å². The van der Waals surface area contributed by atoms with Crippen molar-refractivity contribution in [1.82, 2.24) is 15.1 Å². The fourth-order valence-electron chi connectivity index (χ4n) is 1.95. The molecule has 1 aromatic rings. The highest BCUT2D eigenvalue weighted by Crippen LogP contribution is 2.08. The van der Waals surface area contributed by atoms with E-state index in [2.05, 4.69) is 24.3 Å². The Labute approximate surface area is 120 Å². The molecule has 1 rings (SSSR count). The molecular weight excluding hydrogens is 254 g/mol. The first-order valence-electron chi connectivity index (χ1n) is 7.33. The normalized spacial score (nSPS) is 10.8. The van der Waals surface area contributed by atoms with Crippen molar-refractivity contribution in [2.24, 2.45) is 13.0 Å². The lowest BCUT2D eigenvalue weighted by atomic mass is 10.0. The second kappa shape index (κ2) is 8.51. The van der Waals surface area contributed by atoms with Gasteiger partial charge in [-0.05, 0) is 18.4 Å². The van der Waals surface area contributed by atoms with Crippen LogP contribution in [0.3, 0.4) is 0 Å². The molecule has 0 saturated heterocycles. The van der Waals surface area contributed by atoms with Gasteiger partial charge in [0.25, 0.3) is 11.5 Å². The van der Waals surface area contributed by atoms with Crippen molar-refractivity contribution >= 4 is 5.91 Å². The van der Waals surface area contributed by atoms with Gasteiger partial charge >= 0.3 is 0 Å². The highest BCUT2D eigenvalue weighted by molar-refractivity contribution is 5.91. The zero-order valence-electron chi connectivity index (χ0n) is 12.7. The molecule has 1 N–H and O–H groups in total. The third-order valence-electron chi connectivity index (χ3n) is 3.19. The maximum absolute atomic E-state index is 11.8. The number of nitrogens with zero attached hydrogens (tertiary/aromatic N) is 2. The van der Waals surface area contributed by atoms with Gasteiger partial charge in [-0.15, -0.1) is 0 Å². The SMILES string of the molecule is CC(C)CCCCCCNC(=O)c1ccc(=O)n(C)n1. The fourth-order valence-corrected chi connectivity index (χ4v) is 1.95. The van der Waals surface area contributed by atoms with E-state index in [4.69, 9.17) is 0 Å². The molecule has 0 fully saturated rings. The van der Waals surface area contributed by atoms with Crippen LogP contribution in [0.1, 0.15) is 56.4 Å². The van der Waals surface area contributed by atoms with Gasteiger partial charge in [-0.2, -0.15) is 5.10 Å². The average molecular weight is 279 g/mol. The molecule has 0 aliphatic heterocycles. The van der Waals surface area contributed by atoms with Crippen LogP contribution in [-0.2, 0) is 7.05 Å². The van der Waals surface area contributed by atoms with Crippen molar-refractivity contribution in [3.63, 3.8) is 0 Å². The van der Waals surface area contributed by atoms with E-state index in [1.807, 2.05) is 0 Å². The zero-order valence-corrected chi connectivity index (χ0v) is 12.7. The molecule has 0 spiro atoms. The first kappa shape index (κ1) is 16.4. The molecule has 5 heteroatoms. The first-order valence-corrected chi connectivity index (χ1v) is 7.33. The van der Waals surface area contributed by atoms with Crippen LogP contribution in [0, 0.1) is 5.92 Å². The summed E-state index contributed by atoms with van der Waals surface area (Å²) in [5, 5.41) is 6.74. The number of hydrogen-bond acceptors (Lipinski definition) is 3. The zero-order chi connectivity index (χ0) is 15.0. The van der Waals surface area contributed by atoms with E-state index in [0.29, 0.717) is 6.54 Å². The third kappa shape index (κ3) is 5.99. The minimum atomic E-state index is -0.220. The van der Waals surface area contributed by atoms with Crippen molar-refractivity contribution in [3.8, 4) is 0 Å². The van der Waals surface area contributed by atoms with Gasteiger partial charge in [0, 0.05) is 19.7 Å². The van der Waals surface area contributed by atoms with E-state index in [9.17, 15) is 9.59 Å². The van der Waals surface area contributed by atoms with Crippen LogP contribution in [0.15, 0.2) is 16.9 Å². The molecule has 0 saturated carbocycles. The monoisotopic (exact) mass is 279 g/mol. The lowest BCUT2D eigenvalue weighted by Gasteiger charge is -2.06. The predicted octanol–water partition coefficient (Wildman–Crippen LogP) is 2.12. The highest BCUT2D eigenvalue weighted by atomic mass is 16.2. The highest BCUT2D eigenvalue weighted by Gasteiger charge is 2.07. The number of carbonyl (C=O) groups is 1. The number of hydrogen-bond donors (Lipinski definition) is 1. The van der Waals surface area contributed by atoms with Gasteiger partial charge < -0.3 is 5.32 Å². The average Bonchev–Trinajstić information content (AvgIpc) is 2.40. The predicted molar refractivity (Wildman–Crippen MR) is 79.7 cm³/mol. The molecule has 0 aliphatic rings. The molecule has 1 amide bonds. The Bertz CT molecular complexity index is 480. The second-order valence-electron chi connectivity index (χ2n) is 5.53. The molecule has 0 bridgehead atoms. The Balaban J connectivity index is 2.20. The van der Waals surface area contributed by atoms with E-state index >= 15 is 0 Å². The van der Waals surface area contributed by atoms with Crippen LogP contribution in [0.25, 0.3) is 0 Å². The largest absolute Gasteiger partial charge is 0.351 e. The molecule has 0 aliphatic carbocycles. The molecule has 1 aromatic heterocycles. The van der Waals surface area contributed by atoms with Gasteiger partial charge in [0.15, 0.2) is 0 Å². The molecule has 112 valence electrons. The van der Waals surface area contributed by atoms with Gasteiger partial charge in [0.05, 0.1) is 0 Å². The Morgan fingerprint density at radius 1 is 1.25 bits per heavy atom. The quantitative estimate of drug-likeness (QED) is 0.741. The standard InChI is InChI=1S/C15H25N3O2/c1-12(2)8-6-4-5-7-11-16-15(20)13-9-10-14(19)18(3)17-13/h9-10,12H,4-8,11H2,1-3H3,(H,16,20). The number of carbonyl (C=O) groups excluding carboxylic acids is 1. The summed E-state index contributed by atoms with van der Waals surface area (Å²) >= 11 is 0. The summed E-state index contributed by atoms with van der Waals surface area (Å²) in [6.45, 7) is 5.13. The van der Waals surface area contributed by atoms with Crippen LogP contribution in [0.5, 0.6) is 0 Å². The maximum atomic E-state index is 11.8. The van der Waals surface area contributed by atoms with Crippen molar-refractivity contribution < 1.29 is 4.79 Å². The summed E-state index contributed by atoms with van der Waals surface area (Å²) in [7, 11) is 1.54. The van der Waals surface area contributed by atoms with Crippen molar-refractivity contribution in [2.45, 2.75) is 46.0 Å². The van der Waals surface area contributed by atoms with Crippen LogP contribution in [-0.4, -0.2) is 22.2 Å². The summed E-state index contributed by atoms with van der Waals surface area (Å²) in [4.78, 5) is 23.0. The van der Waals surface area contributed by atoms with E-state index in [0.717, 1.165) is 18.8 Å². The van der Waals surface area contributed by atoms with Crippen molar-refractivity contribution in [2.75, 3.05) is 6.54 Å². The van der Waals surface area contributed by atoms with Crippen LogP contribution >= 0.6 is 0 Å². The number of unbranched alkanes of at least 4 members (excludes halogenated alkanes) is 3. The van der Waals surface area contributed by atoms with E-state index in [-0.39, 0.29) is 17.2 Å². The smallest absolute Gasteiger partial charge is 0.271 e. The molecule has 0 atom stereocenters. The van der Waals surface area contributed by atoms with Crippen LogP contribution in [0.4, 0.5) is 0 Å². The minimum Gasteiger partial charge on any atom is -0.351 e. The van der Waals surface area contributed by atoms with E-state index in [1.165, 1.54) is 43.1 Å². The van der Waals surface area contributed by atoms with E-state index in [1.54, 1.807) is 0 Å². The molecule has 5 nitrogen and oxygen atoms in total. The summed E-state index contributed by atoms with van der Waals surface area (Å²) in [5.74, 6) is 0.549. The van der Waals surface area contributed by atoms with Crippen molar-refractivity contribution in [3.05, 3.63) is 28.2 Å². The van der Waals surface area contributed by atoms with Crippen LogP contribution in [0.2, 0.25) is 0 Å². The Kier molecular flexibility index (Phi) is 6.98. The Hall–Kier alpha value is -1.65. The number of rotatable bonds is 8. The Morgan fingerprint density at radius 3 is 2.60 bits per heavy atom. The fraction of sp³-hybridized carbons (Fsp3) is 0.667. The third-order valence-corrected chi connectivity index (χ3v) is 3.19. The molecule has 1 heterocycles. The summed E-state index contributed by atoms with van der Waals surface area (Å²) in [5.41, 5.74) is 0.0682. The lowest BCUT2D eigenvalue weighted by Crippen LogP contribution is -2.29. The molecule has 0 unspecified atom stereocenters. The van der Waals surface area contributed by atoms with E-state index < -0.39 is 0 Å². The number of aromatic nitrogens is 2. The number of nitrogens with one attached hydrogen (secondary N) is 1. The van der Waals surface area contributed by atoms with Gasteiger partial charge in [-0.1, -0.05) is 39.5 Å². The summed E-state index contributed by atoms with van der Waals surface area (Å²) < 4.78 is 1.17. The topological polar surface area (TPSA) is 64.0 Å². The Morgan fingerprint density at radius 2 is 1.95 bits per heavy atom. The maximum Gasteiger partial charge on any atom is 0.271 e. The molecule has 0 aromatic carbocycles. The summed E-state index contributed by atoms with van der Waals surface area (Å²) in [6.07, 6.45) is 5.86. The lowest BCUT2D eigenvalue weighted by molar-refractivity contribution is 0.0945. The number of aryl methyl sites for hydroxylation is 1. The summed E-state index contributed by atoms with van der Waals surface area (Å²) in [6, 6.07) is 2.81. The van der Waals surface area contributed by atoms with Gasteiger partial charge in [0.2, 0.25) is 0 Å². The molecule has 0 radical (unpaired) electrons. The molecular formula is C15H25N3O2. The van der Waals surface area contributed by atoms with Gasteiger partial charge in [0.1, 0.15) is 5.69 Å². The minimum absolute atomic E-state index is 0.216. The first-order chi connectivity index (χ1) is 9.50.